The van der Waals surface area contributed by atoms with Crippen molar-refractivity contribution in [1.29, 1.82) is 0 Å². The minimum atomic E-state index is -0.465. The molecule has 4 nitrogen and oxygen atoms in total. The molecular weight excluding hydrogens is 339 g/mol. The fourth-order valence-electron chi connectivity index (χ4n) is 3.09. The van der Waals surface area contributed by atoms with Gasteiger partial charge >= 0.3 is 0 Å². The second-order valence-electron chi connectivity index (χ2n) is 6.60. The fraction of sp³-hybridized carbons (Fsp3) is 0.368. The molecule has 0 spiro atoms. The molecule has 1 saturated heterocycles. The summed E-state index contributed by atoms with van der Waals surface area (Å²) in [5, 5.41) is 5.05. The van der Waals surface area contributed by atoms with Gasteiger partial charge in [-0.1, -0.05) is 32.0 Å². The van der Waals surface area contributed by atoms with Crippen molar-refractivity contribution in [2.45, 2.75) is 26.3 Å². The van der Waals surface area contributed by atoms with E-state index in [0.717, 1.165) is 4.88 Å². The number of nitrogens with zero attached hydrogens (tertiary/aromatic N) is 1. The molecule has 1 aromatic carbocycles. The number of anilines is 1. The summed E-state index contributed by atoms with van der Waals surface area (Å²) in [7, 11) is 0. The highest BCUT2D eigenvalue weighted by Gasteiger charge is 2.37. The van der Waals surface area contributed by atoms with Gasteiger partial charge in [0.1, 0.15) is 5.82 Å². The van der Waals surface area contributed by atoms with E-state index >= 15 is 0 Å². The summed E-state index contributed by atoms with van der Waals surface area (Å²) in [6.45, 7) is 4.31. The molecule has 2 atom stereocenters. The number of para-hydroxylation sites is 1. The van der Waals surface area contributed by atoms with Gasteiger partial charge in [0, 0.05) is 17.8 Å². The monoisotopic (exact) mass is 360 g/mol. The van der Waals surface area contributed by atoms with Crippen molar-refractivity contribution in [2.75, 3.05) is 11.4 Å². The predicted octanol–water partition coefficient (Wildman–Crippen LogP) is 3.75. The van der Waals surface area contributed by atoms with Crippen molar-refractivity contribution < 1.29 is 14.0 Å². The van der Waals surface area contributed by atoms with E-state index in [1.807, 2.05) is 17.5 Å². The Labute approximate surface area is 150 Å². The Morgan fingerprint density at radius 3 is 2.68 bits per heavy atom. The van der Waals surface area contributed by atoms with E-state index in [9.17, 15) is 14.0 Å². The maximum Gasteiger partial charge on any atom is 0.227 e. The Morgan fingerprint density at radius 2 is 2.04 bits per heavy atom. The normalized spacial score (nSPS) is 18.6. The number of carbonyl (C=O) groups excluding carboxylic acids is 2. The Hall–Kier alpha value is -2.21. The summed E-state index contributed by atoms with van der Waals surface area (Å²) in [6.07, 6.45) is 0.107. The number of rotatable bonds is 5. The van der Waals surface area contributed by atoms with Gasteiger partial charge in [0.15, 0.2) is 0 Å². The van der Waals surface area contributed by atoms with Crippen LogP contribution in [-0.2, 0) is 9.59 Å². The van der Waals surface area contributed by atoms with Crippen LogP contribution >= 0.6 is 11.3 Å². The third-order valence-corrected chi connectivity index (χ3v) is 5.41. The number of carbonyl (C=O) groups is 2. The average molecular weight is 360 g/mol. The van der Waals surface area contributed by atoms with Gasteiger partial charge in [-0.3, -0.25) is 9.59 Å². The van der Waals surface area contributed by atoms with Crippen LogP contribution in [0.5, 0.6) is 0 Å². The SMILES string of the molecule is CC(C)[C@H](NC(=O)[C@@H]1CC(=O)N(c2ccccc2F)C1)c1cccs1. The molecule has 1 aliphatic rings. The molecule has 132 valence electrons. The number of halogens is 1. The molecule has 0 radical (unpaired) electrons. The molecule has 3 rings (SSSR count). The van der Waals surface area contributed by atoms with Crippen LogP contribution in [-0.4, -0.2) is 18.4 Å². The van der Waals surface area contributed by atoms with Gasteiger partial charge in [-0.2, -0.15) is 0 Å². The van der Waals surface area contributed by atoms with Crippen molar-refractivity contribution >= 4 is 28.8 Å². The first-order valence-electron chi connectivity index (χ1n) is 8.36. The molecular formula is C19H21FN2O2S. The van der Waals surface area contributed by atoms with E-state index in [1.165, 1.54) is 11.0 Å². The topological polar surface area (TPSA) is 49.4 Å². The molecule has 2 heterocycles. The van der Waals surface area contributed by atoms with Crippen LogP contribution in [0.25, 0.3) is 0 Å². The molecule has 0 aliphatic carbocycles. The predicted molar refractivity (Wildman–Crippen MR) is 96.9 cm³/mol. The smallest absolute Gasteiger partial charge is 0.227 e. The summed E-state index contributed by atoms with van der Waals surface area (Å²) in [4.78, 5) is 27.4. The van der Waals surface area contributed by atoms with E-state index in [4.69, 9.17) is 0 Å². The van der Waals surface area contributed by atoms with E-state index in [-0.39, 0.29) is 42.4 Å². The molecule has 25 heavy (non-hydrogen) atoms. The van der Waals surface area contributed by atoms with Crippen LogP contribution in [0, 0.1) is 17.7 Å². The highest BCUT2D eigenvalue weighted by molar-refractivity contribution is 7.10. The second kappa shape index (κ2) is 7.35. The second-order valence-corrected chi connectivity index (χ2v) is 7.58. The lowest BCUT2D eigenvalue weighted by Gasteiger charge is -2.23. The number of amides is 2. The average Bonchev–Trinajstić information content (AvgIpc) is 3.22. The highest BCUT2D eigenvalue weighted by atomic mass is 32.1. The minimum Gasteiger partial charge on any atom is -0.348 e. The standard InChI is InChI=1S/C19H21FN2O2S/c1-12(2)18(16-8-5-9-25-16)21-19(24)13-10-17(23)22(11-13)15-7-4-3-6-14(15)20/h3-9,12-13,18H,10-11H2,1-2H3,(H,21,24)/t13-,18+/m1/s1. The van der Waals surface area contributed by atoms with Gasteiger partial charge < -0.3 is 10.2 Å². The number of thiophene rings is 1. The van der Waals surface area contributed by atoms with Crippen LogP contribution in [0.2, 0.25) is 0 Å². The first-order chi connectivity index (χ1) is 12.0. The number of nitrogens with one attached hydrogen (secondary N) is 1. The van der Waals surface area contributed by atoms with Crippen molar-refractivity contribution in [3.05, 3.63) is 52.5 Å². The van der Waals surface area contributed by atoms with Crippen molar-refractivity contribution in [2.24, 2.45) is 11.8 Å². The van der Waals surface area contributed by atoms with Gasteiger partial charge in [0.25, 0.3) is 0 Å². The van der Waals surface area contributed by atoms with Crippen LogP contribution in [0.4, 0.5) is 10.1 Å². The Bertz CT molecular complexity index is 761. The first kappa shape index (κ1) is 17.6. The lowest BCUT2D eigenvalue weighted by molar-refractivity contribution is -0.127. The molecule has 2 amide bonds. The largest absolute Gasteiger partial charge is 0.348 e. The summed E-state index contributed by atoms with van der Waals surface area (Å²) in [5.74, 6) is -1.05. The third-order valence-electron chi connectivity index (χ3n) is 4.45. The third kappa shape index (κ3) is 3.74. The molecule has 2 aromatic rings. The lowest BCUT2D eigenvalue weighted by atomic mass is 10.0. The Kier molecular flexibility index (Phi) is 5.18. The van der Waals surface area contributed by atoms with Crippen LogP contribution in [0.1, 0.15) is 31.2 Å². The lowest BCUT2D eigenvalue weighted by Crippen LogP contribution is -2.37. The van der Waals surface area contributed by atoms with Gasteiger partial charge in [0.2, 0.25) is 11.8 Å². The Balaban J connectivity index is 1.71. The fourth-order valence-corrected chi connectivity index (χ4v) is 4.04. The molecule has 0 saturated carbocycles. The minimum absolute atomic E-state index is 0.0786. The molecule has 1 N–H and O–H groups in total. The molecule has 0 unspecified atom stereocenters. The zero-order valence-corrected chi connectivity index (χ0v) is 15.1. The van der Waals surface area contributed by atoms with Gasteiger partial charge in [-0.25, -0.2) is 4.39 Å². The number of benzene rings is 1. The molecule has 0 bridgehead atoms. The summed E-state index contributed by atoms with van der Waals surface area (Å²) < 4.78 is 14.0. The van der Waals surface area contributed by atoms with E-state index in [2.05, 4.69) is 19.2 Å². The van der Waals surface area contributed by atoms with Crippen molar-refractivity contribution in [1.82, 2.24) is 5.32 Å². The highest BCUT2D eigenvalue weighted by Crippen LogP contribution is 2.30. The van der Waals surface area contributed by atoms with Gasteiger partial charge in [0.05, 0.1) is 17.6 Å². The molecule has 1 aliphatic heterocycles. The first-order valence-corrected chi connectivity index (χ1v) is 9.24. The van der Waals surface area contributed by atoms with E-state index in [0.29, 0.717) is 0 Å². The summed E-state index contributed by atoms with van der Waals surface area (Å²) >= 11 is 1.60. The summed E-state index contributed by atoms with van der Waals surface area (Å²) in [5.41, 5.74) is 0.237. The zero-order chi connectivity index (χ0) is 18.0. The summed E-state index contributed by atoms with van der Waals surface area (Å²) in [6, 6.07) is 10.0. The zero-order valence-electron chi connectivity index (χ0n) is 14.2. The van der Waals surface area contributed by atoms with E-state index < -0.39 is 11.7 Å². The maximum atomic E-state index is 14.0. The molecule has 1 aromatic heterocycles. The number of hydrogen-bond acceptors (Lipinski definition) is 3. The number of hydrogen-bond donors (Lipinski definition) is 1. The van der Waals surface area contributed by atoms with E-state index in [1.54, 1.807) is 29.5 Å². The molecule has 1 fully saturated rings. The van der Waals surface area contributed by atoms with Gasteiger partial charge in [-0.05, 0) is 29.5 Å². The Morgan fingerprint density at radius 1 is 1.28 bits per heavy atom. The van der Waals surface area contributed by atoms with Crippen LogP contribution in [0.15, 0.2) is 41.8 Å². The van der Waals surface area contributed by atoms with Crippen molar-refractivity contribution in [3.63, 3.8) is 0 Å². The van der Waals surface area contributed by atoms with Gasteiger partial charge in [-0.15, -0.1) is 11.3 Å². The van der Waals surface area contributed by atoms with Crippen molar-refractivity contribution in [3.8, 4) is 0 Å². The quantitative estimate of drug-likeness (QED) is 0.883. The van der Waals surface area contributed by atoms with Crippen LogP contribution < -0.4 is 10.2 Å². The maximum absolute atomic E-state index is 14.0. The molecule has 6 heteroatoms. The van der Waals surface area contributed by atoms with Crippen LogP contribution in [0.3, 0.4) is 0 Å².